The third kappa shape index (κ3) is 2.80. The summed E-state index contributed by atoms with van der Waals surface area (Å²) >= 11 is 0. The lowest BCUT2D eigenvalue weighted by Crippen LogP contribution is -2.47. The predicted molar refractivity (Wildman–Crippen MR) is 99.6 cm³/mol. The van der Waals surface area contributed by atoms with E-state index < -0.39 is 0 Å². The number of carbonyl (C=O) groups excluding carboxylic acids is 1. The van der Waals surface area contributed by atoms with Gasteiger partial charge in [-0.15, -0.1) is 0 Å². The van der Waals surface area contributed by atoms with E-state index >= 15 is 0 Å². The number of amides is 2. The molecule has 1 saturated heterocycles. The maximum Gasteiger partial charge on any atom is 0.319 e. The molecule has 0 N–H and O–H groups in total. The van der Waals surface area contributed by atoms with E-state index in [1.807, 2.05) is 37.5 Å². The van der Waals surface area contributed by atoms with Crippen molar-refractivity contribution in [2.24, 2.45) is 0 Å². The molecule has 2 amide bonds. The topological polar surface area (TPSA) is 36.4 Å². The van der Waals surface area contributed by atoms with Crippen molar-refractivity contribution in [2.45, 2.75) is 31.1 Å². The number of piperidine rings is 1. The van der Waals surface area contributed by atoms with E-state index in [4.69, 9.17) is 0 Å². The van der Waals surface area contributed by atoms with Crippen LogP contribution < -0.4 is 0 Å². The second kappa shape index (κ2) is 6.17. The van der Waals surface area contributed by atoms with Crippen molar-refractivity contribution in [3.8, 4) is 11.1 Å². The maximum atomic E-state index is 12.2. The summed E-state index contributed by atoms with van der Waals surface area (Å²) in [6.07, 6.45) is 8.25. The molecule has 4 nitrogen and oxygen atoms in total. The fourth-order valence-corrected chi connectivity index (χ4v) is 4.44. The van der Waals surface area contributed by atoms with Crippen LogP contribution in [0, 0.1) is 0 Å². The summed E-state index contributed by atoms with van der Waals surface area (Å²) in [6.45, 7) is 1.71. The van der Waals surface area contributed by atoms with Gasteiger partial charge in [0.25, 0.3) is 0 Å². The van der Waals surface area contributed by atoms with E-state index in [1.54, 1.807) is 4.90 Å². The van der Waals surface area contributed by atoms with Crippen LogP contribution in [0.5, 0.6) is 0 Å². The summed E-state index contributed by atoms with van der Waals surface area (Å²) in [5.74, 6) is 0. The lowest BCUT2D eigenvalue weighted by Gasteiger charge is -2.41. The monoisotopic (exact) mass is 335 g/mol. The van der Waals surface area contributed by atoms with Crippen LogP contribution in [0.25, 0.3) is 11.1 Å². The fourth-order valence-electron chi connectivity index (χ4n) is 4.44. The van der Waals surface area contributed by atoms with Gasteiger partial charge in [0.1, 0.15) is 0 Å². The Morgan fingerprint density at radius 1 is 1.12 bits per heavy atom. The van der Waals surface area contributed by atoms with Crippen LogP contribution in [-0.2, 0) is 11.8 Å². The Balaban J connectivity index is 1.61. The number of aryl methyl sites for hydroxylation is 1. The summed E-state index contributed by atoms with van der Waals surface area (Å²) in [4.78, 5) is 20.2. The number of hydrogen-bond donors (Lipinski definition) is 0. The molecule has 1 fully saturated rings. The molecule has 25 heavy (non-hydrogen) atoms. The van der Waals surface area contributed by atoms with Crippen LogP contribution in [-0.4, -0.2) is 48.0 Å². The molecule has 1 aliphatic heterocycles. The molecule has 2 heterocycles. The molecule has 0 bridgehead atoms. The third-order valence-corrected chi connectivity index (χ3v) is 5.92. The van der Waals surface area contributed by atoms with Gasteiger partial charge in [0, 0.05) is 39.6 Å². The predicted octanol–water partition coefficient (Wildman–Crippen LogP) is 3.71. The van der Waals surface area contributed by atoms with Gasteiger partial charge < -0.3 is 9.80 Å². The van der Waals surface area contributed by atoms with Crippen molar-refractivity contribution < 1.29 is 4.79 Å². The average molecular weight is 335 g/mol. The van der Waals surface area contributed by atoms with Crippen LogP contribution in [0.4, 0.5) is 4.79 Å². The Labute approximate surface area is 149 Å². The highest BCUT2D eigenvalue weighted by Crippen LogP contribution is 2.47. The minimum Gasteiger partial charge on any atom is -0.331 e. The Hall–Kier alpha value is -2.36. The number of pyridine rings is 1. The van der Waals surface area contributed by atoms with Gasteiger partial charge in [-0.2, -0.15) is 0 Å². The number of benzene rings is 1. The normalized spacial score (nSPS) is 18.2. The summed E-state index contributed by atoms with van der Waals surface area (Å²) in [6, 6.07) is 11.1. The van der Waals surface area contributed by atoms with Crippen molar-refractivity contribution >= 4 is 6.03 Å². The number of likely N-dealkylation sites (tertiary alicyclic amines) is 1. The molecule has 2 aromatic rings. The number of aromatic nitrogens is 1. The third-order valence-electron chi connectivity index (χ3n) is 5.92. The first kappa shape index (κ1) is 16.1. The molecule has 4 rings (SSSR count). The second-order valence-electron chi connectivity index (χ2n) is 7.56. The molecule has 0 saturated carbocycles. The van der Waals surface area contributed by atoms with Crippen LogP contribution >= 0.6 is 0 Å². The Bertz CT molecular complexity index is 777. The molecule has 1 spiro atoms. The van der Waals surface area contributed by atoms with Crippen LogP contribution in [0.2, 0.25) is 0 Å². The van der Waals surface area contributed by atoms with Crippen molar-refractivity contribution in [1.29, 1.82) is 0 Å². The van der Waals surface area contributed by atoms with E-state index in [1.165, 1.54) is 28.7 Å². The van der Waals surface area contributed by atoms with Gasteiger partial charge in [0.2, 0.25) is 0 Å². The van der Waals surface area contributed by atoms with E-state index in [2.05, 4.69) is 29.2 Å². The zero-order chi connectivity index (χ0) is 17.4. The van der Waals surface area contributed by atoms with Gasteiger partial charge in [-0.1, -0.05) is 24.3 Å². The molecule has 4 heteroatoms. The molecule has 0 radical (unpaired) electrons. The molecular weight excluding hydrogens is 310 g/mol. The Morgan fingerprint density at radius 3 is 2.60 bits per heavy atom. The first-order valence-electron chi connectivity index (χ1n) is 9.09. The number of rotatable bonds is 1. The van der Waals surface area contributed by atoms with Gasteiger partial charge in [-0.25, -0.2) is 4.79 Å². The number of urea groups is 1. The standard InChI is InChI=1S/C21H25N3O/c1-23(2)20(25)24-12-9-21(10-13-24)8-7-16-5-6-17(14-19(16)21)18-4-3-11-22-15-18/h3-6,11,14-15H,7-10,12-13H2,1-2H3. The van der Waals surface area contributed by atoms with Crippen LogP contribution in [0.1, 0.15) is 30.4 Å². The summed E-state index contributed by atoms with van der Waals surface area (Å²) in [7, 11) is 3.66. The molecule has 130 valence electrons. The first-order chi connectivity index (χ1) is 12.1. The Kier molecular flexibility index (Phi) is 3.98. The molecule has 1 aliphatic carbocycles. The minimum atomic E-state index is 0.136. The number of nitrogens with zero attached hydrogens (tertiary/aromatic N) is 3. The van der Waals surface area contributed by atoms with Gasteiger partial charge in [-0.3, -0.25) is 4.98 Å². The van der Waals surface area contributed by atoms with Crippen LogP contribution in [0.15, 0.2) is 42.7 Å². The molecule has 2 aliphatic rings. The first-order valence-corrected chi connectivity index (χ1v) is 9.09. The van der Waals surface area contributed by atoms with Gasteiger partial charge in [0.05, 0.1) is 0 Å². The SMILES string of the molecule is CN(C)C(=O)N1CCC2(CCc3ccc(-c4cccnc4)cc32)CC1. The van der Waals surface area contributed by atoms with Gasteiger partial charge in [-0.05, 0) is 59.4 Å². The van der Waals surface area contributed by atoms with Crippen molar-refractivity contribution in [3.63, 3.8) is 0 Å². The number of hydrogen-bond acceptors (Lipinski definition) is 2. The fraction of sp³-hybridized carbons (Fsp3) is 0.429. The largest absolute Gasteiger partial charge is 0.331 e. The smallest absolute Gasteiger partial charge is 0.319 e. The van der Waals surface area contributed by atoms with Crippen molar-refractivity contribution in [3.05, 3.63) is 53.9 Å². The van der Waals surface area contributed by atoms with Crippen molar-refractivity contribution in [1.82, 2.24) is 14.8 Å². The quantitative estimate of drug-likeness (QED) is 0.796. The molecule has 0 atom stereocenters. The average Bonchev–Trinajstić information content (AvgIpc) is 3.00. The zero-order valence-corrected chi connectivity index (χ0v) is 15.0. The molecule has 0 unspecified atom stereocenters. The minimum absolute atomic E-state index is 0.136. The summed E-state index contributed by atoms with van der Waals surface area (Å²) in [5, 5.41) is 0. The second-order valence-corrected chi connectivity index (χ2v) is 7.56. The lowest BCUT2D eigenvalue weighted by molar-refractivity contribution is 0.137. The lowest BCUT2D eigenvalue weighted by atomic mass is 9.73. The maximum absolute atomic E-state index is 12.2. The Morgan fingerprint density at radius 2 is 1.92 bits per heavy atom. The summed E-state index contributed by atoms with van der Waals surface area (Å²) < 4.78 is 0. The van der Waals surface area contributed by atoms with Crippen LogP contribution in [0.3, 0.4) is 0 Å². The summed E-state index contributed by atoms with van der Waals surface area (Å²) in [5.41, 5.74) is 5.66. The highest BCUT2D eigenvalue weighted by Gasteiger charge is 2.42. The zero-order valence-electron chi connectivity index (χ0n) is 15.0. The van der Waals surface area contributed by atoms with E-state index in [-0.39, 0.29) is 11.4 Å². The molecule has 1 aromatic heterocycles. The number of carbonyl (C=O) groups is 1. The van der Waals surface area contributed by atoms with Crippen molar-refractivity contribution in [2.75, 3.05) is 27.2 Å². The highest BCUT2D eigenvalue weighted by molar-refractivity contribution is 5.74. The number of fused-ring (bicyclic) bond motifs is 2. The van der Waals surface area contributed by atoms with Gasteiger partial charge in [0.15, 0.2) is 0 Å². The van der Waals surface area contributed by atoms with E-state index in [0.717, 1.165) is 32.4 Å². The molecule has 1 aromatic carbocycles. The van der Waals surface area contributed by atoms with Gasteiger partial charge >= 0.3 is 6.03 Å². The highest BCUT2D eigenvalue weighted by atomic mass is 16.2. The molecular formula is C21H25N3O. The van der Waals surface area contributed by atoms with E-state index in [9.17, 15) is 4.79 Å². The van der Waals surface area contributed by atoms with E-state index in [0.29, 0.717) is 0 Å².